The number of rotatable bonds is 6. The maximum Gasteiger partial charge on any atom is 0.335 e. The number of carboxylic acid groups (broad SMARTS) is 1. The average molecular weight is 284 g/mol. The van der Waals surface area contributed by atoms with Crippen LogP contribution in [0.25, 0.3) is 0 Å². The van der Waals surface area contributed by atoms with Crippen LogP contribution in [0.1, 0.15) is 41.9 Å². The molecule has 0 aliphatic heterocycles. The van der Waals surface area contributed by atoms with E-state index in [4.69, 9.17) is 0 Å². The second-order valence-corrected chi connectivity index (χ2v) is 4.96. The summed E-state index contributed by atoms with van der Waals surface area (Å²) < 4.78 is 0. The first kappa shape index (κ1) is 15.0. The van der Waals surface area contributed by atoms with E-state index in [0.717, 1.165) is 30.6 Å². The van der Waals surface area contributed by atoms with Crippen molar-refractivity contribution in [2.24, 2.45) is 0 Å². The van der Waals surface area contributed by atoms with E-state index in [1.54, 1.807) is 12.1 Å². The van der Waals surface area contributed by atoms with Crippen LogP contribution in [0.2, 0.25) is 0 Å². The van der Waals surface area contributed by atoms with Gasteiger partial charge in [-0.1, -0.05) is 32.4 Å². The molecule has 0 bridgehead atoms. The molecule has 0 saturated heterocycles. The third-order valence-corrected chi connectivity index (χ3v) is 3.27. The van der Waals surface area contributed by atoms with Gasteiger partial charge in [0.15, 0.2) is 0 Å². The summed E-state index contributed by atoms with van der Waals surface area (Å²) in [4.78, 5) is 15.7. The standard InChI is InChI=1S/C17H20N2O2/c1-3-5-15-10-13(17(20)21)11-16(19-15)18-14-8-6-12(4-2)7-9-14/h6-11H,3-5H2,1-2H3,(H,18,19)(H,20,21). The second-order valence-electron chi connectivity index (χ2n) is 4.96. The van der Waals surface area contributed by atoms with Gasteiger partial charge in [-0.05, 0) is 42.7 Å². The molecule has 0 aliphatic carbocycles. The molecule has 21 heavy (non-hydrogen) atoms. The van der Waals surface area contributed by atoms with E-state index in [1.807, 2.05) is 19.1 Å². The smallest absolute Gasteiger partial charge is 0.335 e. The Balaban J connectivity index is 2.26. The maximum atomic E-state index is 11.2. The molecule has 2 N–H and O–H groups in total. The molecule has 0 unspecified atom stereocenters. The Morgan fingerprint density at radius 3 is 2.48 bits per heavy atom. The van der Waals surface area contributed by atoms with Crippen LogP contribution in [0.3, 0.4) is 0 Å². The zero-order valence-electron chi connectivity index (χ0n) is 12.4. The van der Waals surface area contributed by atoms with Crippen molar-refractivity contribution in [1.82, 2.24) is 4.98 Å². The highest BCUT2D eigenvalue weighted by molar-refractivity contribution is 5.88. The average Bonchev–Trinajstić information content (AvgIpc) is 2.48. The predicted molar refractivity (Wildman–Crippen MR) is 84.3 cm³/mol. The number of carbonyl (C=O) groups is 1. The third-order valence-electron chi connectivity index (χ3n) is 3.27. The number of nitrogens with one attached hydrogen (secondary N) is 1. The van der Waals surface area contributed by atoms with E-state index in [0.29, 0.717) is 5.82 Å². The Morgan fingerprint density at radius 2 is 1.90 bits per heavy atom. The van der Waals surface area contributed by atoms with E-state index in [9.17, 15) is 9.90 Å². The fourth-order valence-electron chi connectivity index (χ4n) is 2.13. The molecule has 1 aromatic heterocycles. The highest BCUT2D eigenvalue weighted by Gasteiger charge is 2.08. The second kappa shape index (κ2) is 6.88. The Labute approximate surface area is 124 Å². The summed E-state index contributed by atoms with van der Waals surface area (Å²) >= 11 is 0. The highest BCUT2D eigenvalue weighted by Crippen LogP contribution is 2.18. The van der Waals surface area contributed by atoms with Crippen LogP contribution in [0.5, 0.6) is 0 Å². The van der Waals surface area contributed by atoms with Gasteiger partial charge in [0.2, 0.25) is 0 Å². The first-order valence-corrected chi connectivity index (χ1v) is 7.22. The fourth-order valence-corrected chi connectivity index (χ4v) is 2.13. The number of hydrogen-bond acceptors (Lipinski definition) is 3. The van der Waals surface area contributed by atoms with Gasteiger partial charge in [-0.3, -0.25) is 0 Å². The van der Waals surface area contributed by atoms with E-state index in [-0.39, 0.29) is 5.56 Å². The summed E-state index contributed by atoms with van der Waals surface area (Å²) in [5.74, 6) is -0.360. The van der Waals surface area contributed by atoms with E-state index < -0.39 is 5.97 Å². The van der Waals surface area contributed by atoms with Crippen molar-refractivity contribution in [2.45, 2.75) is 33.1 Å². The molecule has 1 aromatic carbocycles. The largest absolute Gasteiger partial charge is 0.478 e. The summed E-state index contributed by atoms with van der Waals surface area (Å²) in [6, 6.07) is 11.3. The Hall–Kier alpha value is -2.36. The zero-order chi connectivity index (χ0) is 15.2. The van der Waals surface area contributed by atoms with Gasteiger partial charge in [0, 0.05) is 11.4 Å². The van der Waals surface area contributed by atoms with Gasteiger partial charge in [0.05, 0.1) is 5.56 Å². The molecule has 0 saturated carbocycles. The van der Waals surface area contributed by atoms with Crippen LogP contribution in [0, 0.1) is 0 Å². The Kier molecular flexibility index (Phi) is 4.93. The first-order chi connectivity index (χ1) is 10.1. The number of aromatic nitrogens is 1. The van der Waals surface area contributed by atoms with Gasteiger partial charge in [0.25, 0.3) is 0 Å². The maximum absolute atomic E-state index is 11.2. The van der Waals surface area contributed by atoms with Crippen molar-refractivity contribution in [3.05, 3.63) is 53.2 Å². The molecule has 0 spiro atoms. The fraction of sp³-hybridized carbons (Fsp3) is 0.294. The number of nitrogens with zero attached hydrogens (tertiary/aromatic N) is 1. The molecule has 110 valence electrons. The lowest BCUT2D eigenvalue weighted by Gasteiger charge is -2.09. The van der Waals surface area contributed by atoms with Crippen molar-refractivity contribution in [3.8, 4) is 0 Å². The number of hydrogen-bond donors (Lipinski definition) is 2. The van der Waals surface area contributed by atoms with Gasteiger partial charge < -0.3 is 10.4 Å². The molecule has 4 heteroatoms. The number of aromatic carboxylic acids is 1. The van der Waals surface area contributed by atoms with E-state index in [2.05, 4.69) is 29.4 Å². The van der Waals surface area contributed by atoms with E-state index >= 15 is 0 Å². The topological polar surface area (TPSA) is 62.2 Å². The van der Waals surface area contributed by atoms with Gasteiger partial charge in [-0.15, -0.1) is 0 Å². The van der Waals surface area contributed by atoms with Gasteiger partial charge in [0.1, 0.15) is 5.82 Å². The van der Waals surface area contributed by atoms with Crippen LogP contribution in [-0.4, -0.2) is 16.1 Å². The number of pyridine rings is 1. The Morgan fingerprint density at radius 1 is 1.19 bits per heavy atom. The SMILES string of the molecule is CCCc1cc(C(=O)O)cc(Nc2ccc(CC)cc2)n1. The van der Waals surface area contributed by atoms with Crippen LogP contribution < -0.4 is 5.32 Å². The highest BCUT2D eigenvalue weighted by atomic mass is 16.4. The zero-order valence-corrected chi connectivity index (χ0v) is 12.4. The number of carboxylic acids is 1. The van der Waals surface area contributed by atoms with Crippen molar-refractivity contribution in [3.63, 3.8) is 0 Å². The molecule has 0 fully saturated rings. The number of anilines is 2. The number of aryl methyl sites for hydroxylation is 2. The summed E-state index contributed by atoms with van der Waals surface area (Å²) in [6.45, 7) is 4.16. The summed E-state index contributed by atoms with van der Waals surface area (Å²) in [5.41, 5.74) is 3.23. The van der Waals surface area contributed by atoms with Crippen LogP contribution in [0.15, 0.2) is 36.4 Å². The van der Waals surface area contributed by atoms with E-state index in [1.165, 1.54) is 5.56 Å². The van der Waals surface area contributed by atoms with Crippen LogP contribution in [-0.2, 0) is 12.8 Å². The normalized spacial score (nSPS) is 10.4. The molecule has 1 heterocycles. The van der Waals surface area contributed by atoms with Crippen molar-refractivity contribution in [1.29, 1.82) is 0 Å². The lowest BCUT2D eigenvalue weighted by atomic mass is 10.1. The first-order valence-electron chi connectivity index (χ1n) is 7.22. The molecular weight excluding hydrogens is 264 g/mol. The van der Waals surface area contributed by atoms with Gasteiger partial charge in [-0.2, -0.15) is 0 Å². The van der Waals surface area contributed by atoms with Gasteiger partial charge in [-0.25, -0.2) is 9.78 Å². The minimum absolute atomic E-state index is 0.265. The van der Waals surface area contributed by atoms with Crippen molar-refractivity contribution in [2.75, 3.05) is 5.32 Å². The predicted octanol–water partition coefficient (Wildman–Crippen LogP) is 4.04. The van der Waals surface area contributed by atoms with Gasteiger partial charge >= 0.3 is 5.97 Å². The monoisotopic (exact) mass is 284 g/mol. The lowest BCUT2D eigenvalue weighted by Crippen LogP contribution is -2.03. The molecule has 4 nitrogen and oxygen atoms in total. The van der Waals surface area contributed by atoms with Crippen LogP contribution >= 0.6 is 0 Å². The molecule has 2 rings (SSSR count). The quantitative estimate of drug-likeness (QED) is 0.840. The number of benzene rings is 1. The van der Waals surface area contributed by atoms with Crippen molar-refractivity contribution < 1.29 is 9.90 Å². The molecule has 0 amide bonds. The van der Waals surface area contributed by atoms with Crippen molar-refractivity contribution >= 4 is 17.5 Å². The molecule has 0 atom stereocenters. The van der Waals surface area contributed by atoms with Crippen LogP contribution in [0.4, 0.5) is 11.5 Å². The summed E-state index contributed by atoms with van der Waals surface area (Å²) in [7, 11) is 0. The third kappa shape index (κ3) is 4.05. The lowest BCUT2D eigenvalue weighted by molar-refractivity contribution is 0.0696. The Bertz CT molecular complexity index is 621. The molecule has 0 aliphatic rings. The molecule has 0 radical (unpaired) electrons. The summed E-state index contributed by atoms with van der Waals surface area (Å²) in [6.07, 6.45) is 2.69. The minimum Gasteiger partial charge on any atom is -0.478 e. The minimum atomic E-state index is -0.931. The molecule has 2 aromatic rings. The molecular formula is C17H20N2O2. The summed E-state index contributed by atoms with van der Waals surface area (Å²) in [5, 5.41) is 12.4.